The van der Waals surface area contributed by atoms with Crippen molar-refractivity contribution in [3.05, 3.63) is 39.2 Å². The van der Waals surface area contributed by atoms with E-state index in [1.807, 2.05) is 0 Å². The van der Waals surface area contributed by atoms with Gasteiger partial charge in [-0.15, -0.1) is 0 Å². The van der Waals surface area contributed by atoms with E-state index in [1.54, 1.807) is 13.8 Å². The van der Waals surface area contributed by atoms with Gasteiger partial charge in [0, 0.05) is 0 Å². The Hall–Kier alpha value is 0.0234. The van der Waals surface area contributed by atoms with Crippen LogP contribution in [0.5, 0.6) is 0 Å². The number of hydrogen-bond donors (Lipinski definition) is 2. The summed E-state index contributed by atoms with van der Waals surface area (Å²) in [5, 5.41) is 17.1. The number of rotatable bonds is 2. The molecule has 2 atom stereocenters. The number of aliphatic hydroxyl groups excluding tert-OH is 2. The van der Waals surface area contributed by atoms with Gasteiger partial charge in [0.2, 0.25) is 0 Å². The molecule has 2 N–H and O–H groups in total. The molecule has 2 unspecified atom stereocenters. The van der Waals surface area contributed by atoms with Crippen molar-refractivity contribution < 1.29 is 29.7 Å². The zero-order valence-corrected chi connectivity index (χ0v) is 13.9. The molecule has 0 amide bonds. The van der Waals surface area contributed by atoms with Crippen LogP contribution >= 0.6 is 0 Å². The second-order valence-electron chi connectivity index (χ2n) is 4.03. The molecule has 2 nitrogen and oxygen atoms in total. The van der Waals surface area contributed by atoms with Gasteiger partial charge in [0.25, 0.3) is 0 Å². The zero-order valence-electron chi connectivity index (χ0n) is 12.2. The molecule has 0 aromatic rings. The van der Waals surface area contributed by atoms with Crippen molar-refractivity contribution >= 4 is 0 Å². The first kappa shape index (κ1) is 26.6. The fourth-order valence-electron chi connectivity index (χ4n) is 1.35. The van der Waals surface area contributed by atoms with Crippen molar-refractivity contribution in [1.82, 2.24) is 0 Å². The number of hydrogen-bond acceptors (Lipinski definition) is 2. The molecule has 1 radical (unpaired) electrons. The largest absolute Gasteiger partial charge is 2.00 e. The predicted octanol–water partition coefficient (Wildman–Crippen LogP) is 3.71. The molecule has 0 aliphatic heterocycles. The van der Waals surface area contributed by atoms with Gasteiger partial charge in [-0.1, -0.05) is 24.3 Å². The van der Waals surface area contributed by atoms with Gasteiger partial charge in [0.15, 0.2) is 0 Å². The van der Waals surface area contributed by atoms with E-state index >= 15 is 0 Å². The smallest absolute Gasteiger partial charge is 0.393 e. The van der Waals surface area contributed by atoms with Gasteiger partial charge in [-0.05, 0) is 46.0 Å². The third-order valence-corrected chi connectivity index (χ3v) is 2.02. The maximum absolute atomic E-state index is 8.56. The van der Waals surface area contributed by atoms with Gasteiger partial charge in [0.05, 0.1) is 12.2 Å². The molecule has 3 heteroatoms. The van der Waals surface area contributed by atoms with Gasteiger partial charge in [-0.25, -0.2) is 0 Å². The Morgan fingerprint density at radius 3 is 1.11 bits per heavy atom. The minimum absolute atomic E-state index is 0. The van der Waals surface area contributed by atoms with Crippen LogP contribution in [-0.2, 0) is 19.5 Å². The minimum Gasteiger partial charge on any atom is -0.393 e. The molecule has 1 aliphatic carbocycles. The summed E-state index contributed by atoms with van der Waals surface area (Å²) in [5.41, 5.74) is 0. The summed E-state index contributed by atoms with van der Waals surface area (Å²) in [6, 6.07) is 0. The van der Waals surface area contributed by atoms with Crippen LogP contribution in [0.15, 0.2) is 24.3 Å². The molecular formula is C15H30O2Rh. The zero-order chi connectivity index (χ0) is 11.5. The van der Waals surface area contributed by atoms with E-state index in [1.165, 1.54) is 25.7 Å². The molecule has 111 valence electrons. The maximum atomic E-state index is 8.56. The standard InChI is InChI=1S/C8H12.C5H12O2.2CH3.Rh/c1-2-4-6-8-7-5-3-1;1-4(6)3-5(2)7;;;/h1-2,7-8H,3-6H2;4-7H,3H2,1-2H3;2*1H3;/q;;2*-1;+2/b2-1-,8-7-;;;;. The quantitative estimate of drug-likeness (QED) is 0.455. The van der Waals surface area contributed by atoms with E-state index in [0.29, 0.717) is 6.42 Å². The van der Waals surface area contributed by atoms with Crippen molar-refractivity contribution in [3.63, 3.8) is 0 Å². The maximum Gasteiger partial charge on any atom is 2.00 e. The monoisotopic (exact) mass is 345 g/mol. The van der Waals surface area contributed by atoms with Crippen LogP contribution in [0.1, 0.15) is 46.0 Å². The summed E-state index contributed by atoms with van der Waals surface area (Å²) in [5.74, 6) is 0. The third kappa shape index (κ3) is 25.0. The summed E-state index contributed by atoms with van der Waals surface area (Å²) in [6.45, 7) is 3.32. The molecule has 0 saturated carbocycles. The normalized spacial score (nSPS) is 19.8. The molecule has 0 saturated heterocycles. The average molecular weight is 345 g/mol. The Morgan fingerprint density at radius 1 is 0.778 bits per heavy atom. The SMILES string of the molecule is C1=C\CC/C=C\CC/1.CC(O)CC(C)O.[CH3-].[CH3-].[Rh+2]. The van der Waals surface area contributed by atoms with Crippen molar-refractivity contribution in [2.75, 3.05) is 0 Å². The van der Waals surface area contributed by atoms with Gasteiger partial charge >= 0.3 is 19.5 Å². The molecule has 0 aromatic carbocycles. The fraction of sp³-hybridized carbons (Fsp3) is 0.600. The number of aliphatic hydroxyl groups is 2. The van der Waals surface area contributed by atoms with Crippen LogP contribution in [0, 0.1) is 14.9 Å². The van der Waals surface area contributed by atoms with Crippen molar-refractivity contribution in [2.45, 2.75) is 58.2 Å². The van der Waals surface area contributed by atoms with E-state index in [-0.39, 0.29) is 46.5 Å². The van der Waals surface area contributed by atoms with Crippen LogP contribution in [0.25, 0.3) is 0 Å². The molecular weight excluding hydrogens is 315 g/mol. The van der Waals surface area contributed by atoms with Gasteiger partial charge < -0.3 is 25.1 Å². The van der Waals surface area contributed by atoms with Crippen LogP contribution in [0.2, 0.25) is 0 Å². The summed E-state index contributed by atoms with van der Waals surface area (Å²) < 4.78 is 0. The van der Waals surface area contributed by atoms with E-state index in [2.05, 4.69) is 24.3 Å². The molecule has 18 heavy (non-hydrogen) atoms. The van der Waals surface area contributed by atoms with Crippen LogP contribution < -0.4 is 0 Å². The molecule has 0 spiro atoms. The summed E-state index contributed by atoms with van der Waals surface area (Å²) in [6.07, 6.45) is 13.7. The molecule has 1 aliphatic rings. The summed E-state index contributed by atoms with van der Waals surface area (Å²) in [4.78, 5) is 0. The molecule has 0 heterocycles. The van der Waals surface area contributed by atoms with Gasteiger partial charge in [0.1, 0.15) is 0 Å². The first-order chi connectivity index (χ1) is 7.13. The molecule has 1 rings (SSSR count). The average Bonchev–Trinajstić information content (AvgIpc) is 1.99. The first-order valence-corrected chi connectivity index (χ1v) is 5.79. The first-order valence-electron chi connectivity index (χ1n) is 5.79. The van der Waals surface area contributed by atoms with Crippen LogP contribution in [0.3, 0.4) is 0 Å². The predicted molar refractivity (Wildman–Crippen MR) is 77.6 cm³/mol. The van der Waals surface area contributed by atoms with Crippen molar-refractivity contribution in [2.24, 2.45) is 0 Å². The van der Waals surface area contributed by atoms with Crippen molar-refractivity contribution in [1.29, 1.82) is 0 Å². The minimum atomic E-state index is -0.375. The van der Waals surface area contributed by atoms with Gasteiger partial charge in [-0.3, -0.25) is 0 Å². The Bertz CT molecular complexity index is 155. The second-order valence-corrected chi connectivity index (χ2v) is 4.03. The Morgan fingerprint density at radius 2 is 1.00 bits per heavy atom. The molecule has 0 fully saturated rings. The Labute approximate surface area is 127 Å². The van der Waals surface area contributed by atoms with E-state index in [4.69, 9.17) is 10.2 Å². The summed E-state index contributed by atoms with van der Waals surface area (Å²) in [7, 11) is 0. The molecule has 0 bridgehead atoms. The fourth-order valence-corrected chi connectivity index (χ4v) is 1.35. The van der Waals surface area contributed by atoms with Crippen molar-refractivity contribution in [3.8, 4) is 0 Å². The van der Waals surface area contributed by atoms with E-state index in [0.717, 1.165) is 0 Å². The number of allylic oxidation sites excluding steroid dienone is 4. The van der Waals surface area contributed by atoms with Gasteiger partial charge in [-0.2, -0.15) is 0 Å². The summed E-state index contributed by atoms with van der Waals surface area (Å²) >= 11 is 0. The Balaban J connectivity index is -0.0000000942. The molecule has 0 aromatic heterocycles. The third-order valence-electron chi connectivity index (χ3n) is 2.02. The Kier molecular flexibility index (Phi) is 28.6. The van der Waals surface area contributed by atoms with E-state index in [9.17, 15) is 0 Å². The topological polar surface area (TPSA) is 40.5 Å². The second kappa shape index (κ2) is 19.4. The van der Waals surface area contributed by atoms with Crippen LogP contribution in [-0.4, -0.2) is 22.4 Å². The van der Waals surface area contributed by atoms with E-state index < -0.39 is 0 Å². The van der Waals surface area contributed by atoms with Crippen LogP contribution in [0.4, 0.5) is 0 Å².